The number of carbonyl (C=O) groups is 1. The first-order chi connectivity index (χ1) is 12.9. The number of aromatic nitrogens is 1. The number of fused-ring (bicyclic) bond motifs is 1. The molecule has 27 heavy (non-hydrogen) atoms. The lowest BCUT2D eigenvalue weighted by molar-refractivity contribution is -0.856. The summed E-state index contributed by atoms with van der Waals surface area (Å²) in [6.45, 7) is 5.57. The van der Waals surface area contributed by atoms with Crippen LogP contribution >= 0.6 is 11.3 Å². The highest BCUT2D eigenvalue weighted by Crippen LogP contribution is 2.33. The molecule has 5 nitrogen and oxygen atoms in total. The third-order valence-corrected chi connectivity index (χ3v) is 5.49. The summed E-state index contributed by atoms with van der Waals surface area (Å²) in [5.74, 6) is 0.500. The molecule has 0 atom stereocenters. The number of rotatable bonds is 6. The van der Waals surface area contributed by atoms with Crippen molar-refractivity contribution in [2.75, 3.05) is 39.2 Å². The van der Waals surface area contributed by atoms with Crippen LogP contribution in [-0.2, 0) is 0 Å². The molecule has 0 saturated carbocycles. The number of methoxy groups -OCH3 is 1. The second-order valence-corrected chi connectivity index (χ2v) is 8.05. The first-order valence-corrected chi connectivity index (χ1v) is 9.84. The summed E-state index contributed by atoms with van der Waals surface area (Å²) in [6.07, 6.45) is 0. The molecule has 1 aromatic heterocycles. The summed E-state index contributed by atoms with van der Waals surface area (Å²) < 4.78 is 6.51. The van der Waals surface area contributed by atoms with Gasteiger partial charge in [0.05, 0.1) is 50.1 Å². The summed E-state index contributed by atoms with van der Waals surface area (Å²) in [7, 11) is 5.75. The first kappa shape index (κ1) is 19.3. The van der Waals surface area contributed by atoms with Crippen molar-refractivity contribution in [2.24, 2.45) is 0 Å². The normalized spacial score (nSPS) is 11.2. The van der Waals surface area contributed by atoms with Gasteiger partial charge < -0.3 is 9.64 Å². The van der Waals surface area contributed by atoms with E-state index in [1.54, 1.807) is 29.4 Å². The van der Waals surface area contributed by atoms with Crippen LogP contribution in [0.15, 0.2) is 36.4 Å². The summed E-state index contributed by atoms with van der Waals surface area (Å²) in [5.41, 5.74) is 3.86. The summed E-state index contributed by atoms with van der Waals surface area (Å²) in [5, 5.41) is 0.732. The van der Waals surface area contributed by atoms with E-state index in [-0.39, 0.29) is 5.91 Å². The number of hydrogen-bond acceptors (Lipinski definition) is 4. The van der Waals surface area contributed by atoms with Crippen molar-refractivity contribution >= 4 is 32.6 Å². The standard InChI is InChI=1S/C21H25N3O2S/c1-14-12-15(2)19-18(13-14)27-21(22-19)24(11-10-23(3)4)20(25)16-8-6-7-9-17(16)26-5/h6-9,12-13H,10-11H2,1-5H3/p+1. The van der Waals surface area contributed by atoms with E-state index >= 15 is 0 Å². The van der Waals surface area contributed by atoms with Crippen LogP contribution < -0.4 is 14.5 Å². The minimum atomic E-state index is -0.0814. The Balaban J connectivity index is 2.06. The number of amides is 1. The monoisotopic (exact) mass is 384 g/mol. The van der Waals surface area contributed by atoms with Crippen molar-refractivity contribution in [1.29, 1.82) is 0 Å². The molecule has 1 N–H and O–H groups in total. The largest absolute Gasteiger partial charge is 0.496 e. The van der Waals surface area contributed by atoms with Crippen molar-refractivity contribution in [3.63, 3.8) is 0 Å². The van der Waals surface area contributed by atoms with Gasteiger partial charge >= 0.3 is 0 Å². The lowest BCUT2D eigenvalue weighted by Crippen LogP contribution is -3.06. The lowest BCUT2D eigenvalue weighted by atomic mass is 10.1. The molecule has 1 amide bonds. The quantitative estimate of drug-likeness (QED) is 0.711. The fourth-order valence-electron chi connectivity index (χ4n) is 3.06. The van der Waals surface area contributed by atoms with E-state index in [1.165, 1.54) is 10.5 Å². The number of hydrogen-bond donors (Lipinski definition) is 1. The third kappa shape index (κ3) is 4.12. The van der Waals surface area contributed by atoms with E-state index in [0.717, 1.165) is 27.5 Å². The number of carbonyl (C=O) groups excluding carboxylic acids is 1. The number of anilines is 1. The van der Waals surface area contributed by atoms with Gasteiger partial charge in [0.2, 0.25) is 0 Å². The number of likely N-dealkylation sites (N-methyl/N-ethyl adjacent to an activating group) is 1. The van der Waals surface area contributed by atoms with E-state index in [2.05, 4.69) is 40.1 Å². The van der Waals surface area contributed by atoms with Gasteiger partial charge in [-0.3, -0.25) is 9.69 Å². The van der Waals surface area contributed by atoms with Crippen LogP contribution in [-0.4, -0.2) is 45.2 Å². The molecule has 0 saturated heterocycles. The van der Waals surface area contributed by atoms with Crippen LogP contribution in [0.5, 0.6) is 5.75 Å². The summed E-state index contributed by atoms with van der Waals surface area (Å²) in [4.78, 5) is 21.2. The van der Waals surface area contributed by atoms with Crippen LogP contribution in [0.25, 0.3) is 10.2 Å². The number of ether oxygens (including phenoxy) is 1. The average Bonchev–Trinajstić information content (AvgIpc) is 3.05. The van der Waals surface area contributed by atoms with Crippen molar-refractivity contribution < 1.29 is 14.4 Å². The Morgan fingerprint density at radius 3 is 2.67 bits per heavy atom. The fraction of sp³-hybridized carbons (Fsp3) is 0.333. The van der Waals surface area contributed by atoms with E-state index in [9.17, 15) is 4.79 Å². The molecule has 0 aliphatic heterocycles. The van der Waals surface area contributed by atoms with Gasteiger partial charge in [-0.25, -0.2) is 4.98 Å². The number of benzene rings is 2. The number of para-hydroxylation sites is 1. The van der Waals surface area contributed by atoms with Gasteiger partial charge in [0, 0.05) is 0 Å². The molecule has 0 fully saturated rings. The number of aryl methyl sites for hydroxylation is 2. The molecule has 1 heterocycles. The SMILES string of the molecule is COc1ccccc1C(=O)N(CC[NH+](C)C)c1nc2c(C)cc(C)cc2s1. The minimum Gasteiger partial charge on any atom is -0.496 e. The minimum absolute atomic E-state index is 0.0814. The maximum absolute atomic E-state index is 13.4. The smallest absolute Gasteiger partial charge is 0.264 e. The fourth-order valence-corrected chi connectivity index (χ4v) is 4.23. The zero-order chi connectivity index (χ0) is 19.6. The van der Waals surface area contributed by atoms with Crippen LogP contribution in [0.1, 0.15) is 21.5 Å². The molecule has 0 aliphatic carbocycles. The number of nitrogens with zero attached hydrogens (tertiary/aromatic N) is 2. The highest BCUT2D eigenvalue weighted by molar-refractivity contribution is 7.22. The van der Waals surface area contributed by atoms with Gasteiger partial charge in [0.1, 0.15) is 5.75 Å². The zero-order valence-electron chi connectivity index (χ0n) is 16.5. The Hall–Kier alpha value is -2.44. The summed E-state index contributed by atoms with van der Waals surface area (Å²) >= 11 is 1.57. The molecule has 0 bridgehead atoms. The molecule has 3 rings (SSSR count). The van der Waals surface area contributed by atoms with Crippen molar-refractivity contribution in [1.82, 2.24) is 4.98 Å². The van der Waals surface area contributed by atoms with Gasteiger partial charge in [0.15, 0.2) is 5.13 Å². The van der Waals surface area contributed by atoms with Gasteiger partial charge in [-0.05, 0) is 43.2 Å². The number of quaternary nitrogens is 1. The molecule has 142 valence electrons. The Morgan fingerprint density at radius 2 is 1.96 bits per heavy atom. The lowest BCUT2D eigenvalue weighted by Gasteiger charge is -2.21. The predicted octanol–water partition coefficient (Wildman–Crippen LogP) is 2.71. The molecule has 0 radical (unpaired) electrons. The van der Waals surface area contributed by atoms with E-state index in [4.69, 9.17) is 9.72 Å². The molecule has 3 aromatic rings. The van der Waals surface area contributed by atoms with Crippen molar-refractivity contribution in [3.05, 3.63) is 53.1 Å². The van der Waals surface area contributed by atoms with Gasteiger partial charge in [-0.15, -0.1) is 0 Å². The molecular formula is C21H26N3O2S+. The van der Waals surface area contributed by atoms with E-state index < -0.39 is 0 Å². The highest BCUT2D eigenvalue weighted by Gasteiger charge is 2.24. The second kappa shape index (κ2) is 8.06. The Bertz CT molecular complexity index is 965. The molecule has 6 heteroatoms. The maximum Gasteiger partial charge on any atom is 0.264 e. The Labute approximate surface area is 164 Å². The molecular weight excluding hydrogens is 358 g/mol. The van der Waals surface area contributed by atoms with E-state index in [1.807, 2.05) is 18.2 Å². The molecule has 2 aromatic carbocycles. The van der Waals surface area contributed by atoms with Gasteiger partial charge in [-0.1, -0.05) is 29.5 Å². The molecule has 0 spiro atoms. The number of nitrogens with one attached hydrogen (secondary N) is 1. The van der Waals surface area contributed by atoms with Gasteiger partial charge in [-0.2, -0.15) is 0 Å². The van der Waals surface area contributed by atoms with Crippen LogP contribution in [0.2, 0.25) is 0 Å². The van der Waals surface area contributed by atoms with Crippen molar-refractivity contribution in [3.8, 4) is 5.75 Å². The first-order valence-electron chi connectivity index (χ1n) is 9.02. The molecule has 0 unspecified atom stereocenters. The van der Waals surface area contributed by atoms with E-state index in [0.29, 0.717) is 17.9 Å². The van der Waals surface area contributed by atoms with Crippen LogP contribution in [0.3, 0.4) is 0 Å². The maximum atomic E-state index is 13.4. The predicted molar refractivity (Wildman–Crippen MR) is 111 cm³/mol. The van der Waals surface area contributed by atoms with Crippen molar-refractivity contribution in [2.45, 2.75) is 13.8 Å². The van der Waals surface area contributed by atoms with Crippen LogP contribution in [0, 0.1) is 13.8 Å². The average molecular weight is 385 g/mol. The van der Waals surface area contributed by atoms with Gasteiger partial charge in [0.25, 0.3) is 5.91 Å². The summed E-state index contributed by atoms with van der Waals surface area (Å²) in [6, 6.07) is 11.6. The Morgan fingerprint density at radius 1 is 1.22 bits per heavy atom. The van der Waals surface area contributed by atoms with Crippen LogP contribution in [0.4, 0.5) is 5.13 Å². The second-order valence-electron chi connectivity index (χ2n) is 7.04. The highest BCUT2D eigenvalue weighted by atomic mass is 32.1. The topological polar surface area (TPSA) is 46.9 Å². The Kier molecular flexibility index (Phi) is 5.77. The third-order valence-electron chi connectivity index (χ3n) is 4.47. The number of thiazole rings is 1. The molecule has 0 aliphatic rings. The zero-order valence-corrected chi connectivity index (χ0v) is 17.3.